The zero-order valence-electron chi connectivity index (χ0n) is 8.90. The normalized spacial score (nSPS) is 16.0. The van der Waals surface area contributed by atoms with Gasteiger partial charge >= 0.3 is 0 Å². The van der Waals surface area contributed by atoms with Crippen LogP contribution in [0.3, 0.4) is 0 Å². The van der Waals surface area contributed by atoms with Crippen molar-refractivity contribution in [3.8, 4) is 0 Å². The molecule has 12 heavy (non-hydrogen) atoms. The molecule has 0 fully saturated rings. The Morgan fingerprint density at radius 1 is 1.00 bits per heavy atom. The second-order valence-electron chi connectivity index (χ2n) is 4.18. The van der Waals surface area contributed by atoms with Gasteiger partial charge in [-0.3, -0.25) is 0 Å². The fourth-order valence-corrected chi connectivity index (χ4v) is 1.69. The zero-order chi connectivity index (χ0) is 9.45. The lowest BCUT2D eigenvalue weighted by molar-refractivity contribution is 0.119. The summed E-state index contributed by atoms with van der Waals surface area (Å²) in [5, 5.41) is 9.22. The highest BCUT2D eigenvalue weighted by Crippen LogP contribution is 2.29. The van der Waals surface area contributed by atoms with E-state index < -0.39 is 0 Å². The van der Waals surface area contributed by atoms with Crippen LogP contribution in [0.4, 0.5) is 0 Å². The molecule has 0 saturated heterocycles. The first-order valence-corrected chi connectivity index (χ1v) is 5.29. The maximum Gasteiger partial charge on any atom is 0.0484 e. The van der Waals surface area contributed by atoms with Gasteiger partial charge in [0, 0.05) is 6.61 Å². The van der Waals surface area contributed by atoms with E-state index in [2.05, 4.69) is 20.8 Å². The molecular weight excluding hydrogens is 148 g/mol. The van der Waals surface area contributed by atoms with E-state index in [-0.39, 0.29) is 5.41 Å². The van der Waals surface area contributed by atoms with Crippen LogP contribution in [0.25, 0.3) is 0 Å². The largest absolute Gasteiger partial charge is 0.396 e. The molecule has 0 aromatic rings. The van der Waals surface area contributed by atoms with Gasteiger partial charge in [-0.05, 0) is 18.3 Å². The van der Waals surface area contributed by atoms with Crippen molar-refractivity contribution in [2.24, 2.45) is 5.41 Å². The number of hydrogen-bond acceptors (Lipinski definition) is 1. The molecule has 1 heteroatoms. The molecule has 1 nitrogen and oxygen atoms in total. The Morgan fingerprint density at radius 3 is 2.08 bits per heavy atom. The number of hydrogen-bond donors (Lipinski definition) is 1. The lowest BCUT2D eigenvalue weighted by Crippen LogP contribution is -2.20. The van der Waals surface area contributed by atoms with Crippen molar-refractivity contribution in [1.82, 2.24) is 0 Å². The topological polar surface area (TPSA) is 20.2 Å². The third-order valence-electron chi connectivity index (χ3n) is 2.62. The molecule has 0 rings (SSSR count). The van der Waals surface area contributed by atoms with Crippen LogP contribution in [0, 0.1) is 5.41 Å². The van der Waals surface area contributed by atoms with Gasteiger partial charge in [-0.1, -0.05) is 46.5 Å². The number of aliphatic hydroxyl groups excluding tert-OH is 1. The molecule has 0 saturated carbocycles. The predicted octanol–water partition coefficient (Wildman–Crippen LogP) is 3.37. The third-order valence-corrected chi connectivity index (χ3v) is 2.62. The Morgan fingerprint density at radius 2 is 1.67 bits per heavy atom. The van der Waals surface area contributed by atoms with Crippen LogP contribution in [0.1, 0.15) is 59.3 Å². The molecule has 1 atom stereocenters. The van der Waals surface area contributed by atoms with Gasteiger partial charge in [0.2, 0.25) is 0 Å². The lowest BCUT2D eigenvalue weighted by atomic mass is 9.81. The number of unbranched alkanes of at least 4 members (excludes halogenated alkanes) is 2. The quantitative estimate of drug-likeness (QED) is 0.584. The Kier molecular flexibility index (Phi) is 6.45. The minimum atomic E-state index is 0.198. The van der Waals surface area contributed by atoms with Crippen molar-refractivity contribution in [2.75, 3.05) is 6.61 Å². The fraction of sp³-hybridized carbons (Fsp3) is 1.00. The highest BCUT2D eigenvalue weighted by molar-refractivity contribution is 4.72. The van der Waals surface area contributed by atoms with Gasteiger partial charge in [0.25, 0.3) is 0 Å². The Labute approximate surface area is 77.2 Å². The molecule has 74 valence electrons. The summed E-state index contributed by atoms with van der Waals surface area (Å²) in [6.45, 7) is 6.96. The van der Waals surface area contributed by atoms with E-state index in [0.29, 0.717) is 6.61 Å². The third kappa shape index (κ3) is 4.76. The molecule has 0 spiro atoms. The van der Waals surface area contributed by atoms with Crippen LogP contribution in [0.15, 0.2) is 0 Å². The van der Waals surface area contributed by atoms with E-state index in [1.54, 1.807) is 0 Å². The average molecular weight is 172 g/mol. The van der Waals surface area contributed by atoms with Gasteiger partial charge < -0.3 is 5.11 Å². The van der Waals surface area contributed by atoms with E-state index in [1.165, 1.54) is 32.1 Å². The Hall–Kier alpha value is -0.0400. The summed E-state index contributed by atoms with van der Waals surface area (Å²) in [5.41, 5.74) is 0.198. The summed E-state index contributed by atoms with van der Waals surface area (Å²) in [4.78, 5) is 0. The van der Waals surface area contributed by atoms with Crippen molar-refractivity contribution in [2.45, 2.75) is 59.3 Å². The molecule has 0 aromatic carbocycles. The molecule has 0 aliphatic heterocycles. The molecule has 0 aliphatic carbocycles. The summed E-state index contributed by atoms with van der Waals surface area (Å²) >= 11 is 0. The van der Waals surface area contributed by atoms with Crippen molar-refractivity contribution in [3.05, 3.63) is 0 Å². The van der Waals surface area contributed by atoms with Crippen LogP contribution >= 0.6 is 0 Å². The Bertz CT molecular complexity index is 101. The molecule has 1 N–H and O–H groups in total. The van der Waals surface area contributed by atoms with Gasteiger partial charge in [-0.15, -0.1) is 0 Å². The van der Waals surface area contributed by atoms with Crippen molar-refractivity contribution >= 4 is 0 Å². The Balaban J connectivity index is 3.63. The van der Waals surface area contributed by atoms with E-state index in [1.807, 2.05) is 0 Å². The van der Waals surface area contributed by atoms with Gasteiger partial charge in [0.1, 0.15) is 0 Å². The standard InChI is InChI=1S/C11H24O/c1-4-6-7-9-11(3,10-12)8-5-2/h12H,4-10H2,1-3H3. The van der Waals surface area contributed by atoms with Crippen LogP contribution in [0.5, 0.6) is 0 Å². The molecule has 0 heterocycles. The number of rotatable bonds is 7. The van der Waals surface area contributed by atoms with Crippen molar-refractivity contribution in [3.63, 3.8) is 0 Å². The monoisotopic (exact) mass is 172 g/mol. The first kappa shape index (κ1) is 12.0. The lowest BCUT2D eigenvalue weighted by Gasteiger charge is -2.26. The van der Waals surface area contributed by atoms with Gasteiger partial charge in [0.05, 0.1) is 0 Å². The minimum absolute atomic E-state index is 0.198. The molecule has 0 bridgehead atoms. The summed E-state index contributed by atoms with van der Waals surface area (Å²) < 4.78 is 0. The molecule has 0 amide bonds. The summed E-state index contributed by atoms with van der Waals surface area (Å²) in [6, 6.07) is 0. The van der Waals surface area contributed by atoms with Crippen LogP contribution < -0.4 is 0 Å². The first-order chi connectivity index (χ1) is 5.68. The predicted molar refractivity (Wildman–Crippen MR) is 54.2 cm³/mol. The SMILES string of the molecule is CCCCCC(C)(CO)CCC. The van der Waals surface area contributed by atoms with Gasteiger partial charge in [-0.25, -0.2) is 0 Å². The zero-order valence-corrected chi connectivity index (χ0v) is 8.90. The molecule has 0 aliphatic rings. The second kappa shape index (κ2) is 6.47. The smallest absolute Gasteiger partial charge is 0.0484 e. The van der Waals surface area contributed by atoms with Gasteiger partial charge in [-0.2, -0.15) is 0 Å². The first-order valence-electron chi connectivity index (χ1n) is 5.29. The second-order valence-corrected chi connectivity index (χ2v) is 4.18. The fourth-order valence-electron chi connectivity index (χ4n) is 1.69. The van der Waals surface area contributed by atoms with Gasteiger partial charge in [0.15, 0.2) is 0 Å². The summed E-state index contributed by atoms with van der Waals surface area (Å²) in [6.07, 6.45) is 7.38. The minimum Gasteiger partial charge on any atom is -0.396 e. The van der Waals surface area contributed by atoms with Crippen molar-refractivity contribution in [1.29, 1.82) is 0 Å². The maximum atomic E-state index is 9.22. The maximum absolute atomic E-state index is 9.22. The van der Waals surface area contributed by atoms with Crippen LogP contribution in [0.2, 0.25) is 0 Å². The number of aliphatic hydroxyl groups is 1. The summed E-state index contributed by atoms with van der Waals surface area (Å²) in [5.74, 6) is 0. The summed E-state index contributed by atoms with van der Waals surface area (Å²) in [7, 11) is 0. The molecule has 1 unspecified atom stereocenters. The van der Waals surface area contributed by atoms with E-state index in [4.69, 9.17) is 0 Å². The van der Waals surface area contributed by atoms with E-state index >= 15 is 0 Å². The van der Waals surface area contributed by atoms with E-state index in [9.17, 15) is 5.11 Å². The average Bonchev–Trinajstić information content (AvgIpc) is 2.06. The highest BCUT2D eigenvalue weighted by Gasteiger charge is 2.20. The highest BCUT2D eigenvalue weighted by atomic mass is 16.3. The van der Waals surface area contributed by atoms with Crippen LogP contribution in [-0.2, 0) is 0 Å². The van der Waals surface area contributed by atoms with E-state index in [0.717, 1.165) is 6.42 Å². The molecule has 0 aromatic heterocycles. The molecular formula is C11H24O. The molecule has 0 radical (unpaired) electrons. The van der Waals surface area contributed by atoms with Crippen LogP contribution in [-0.4, -0.2) is 11.7 Å². The van der Waals surface area contributed by atoms with Crippen molar-refractivity contribution < 1.29 is 5.11 Å².